The number of carbonyl (C=O) groups excluding carboxylic acids is 1. The Morgan fingerprint density at radius 3 is 2.89 bits per heavy atom. The minimum Gasteiger partial charge on any atom is -0.480 e. The molecule has 0 radical (unpaired) electrons. The second-order valence-electron chi connectivity index (χ2n) is 3.73. The minimum atomic E-state index is -1.03. The van der Waals surface area contributed by atoms with Crippen LogP contribution in [0, 0.1) is 0 Å². The topological polar surface area (TPSA) is 97.1 Å². The van der Waals surface area contributed by atoms with Crippen molar-refractivity contribution in [3.05, 3.63) is 11.9 Å². The van der Waals surface area contributed by atoms with Crippen LogP contribution in [0.1, 0.15) is 23.8 Å². The molecular weight excluding hydrogens is 256 g/mol. The molecule has 1 unspecified atom stereocenters. The summed E-state index contributed by atoms with van der Waals surface area (Å²) in [6, 6.07) is 0.0807. The fourth-order valence-corrected chi connectivity index (χ4v) is 2.06. The highest BCUT2D eigenvalue weighted by Gasteiger charge is 2.15. The average Bonchev–Trinajstić information content (AvgIpc) is 2.76. The summed E-state index contributed by atoms with van der Waals surface area (Å²) in [6.45, 7) is 1.69. The van der Waals surface area contributed by atoms with Crippen LogP contribution in [-0.2, 0) is 11.3 Å². The zero-order valence-corrected chi connectivity index (χ0v) is 11.1. The third-order valence-electron chi connectivity index (χ3n) is 2.26. The highest BCUT2D eigenvalue weighted by Crippen LogP contribution is 2.02. The number of aliphatic carboxylic acids is 1. The van der Waals surface area contributed by atoms with Crippen molar-refractivity contribution in [2.45, 2.75) is 25.9 Å². The van der Waals surface area contributed by atoms with E-state index in [1.54, 1.807) is 11.8 Å². The van der Waals surface area contributed by atoms with E-state index in [1.807, 2.05) is 13.2 Å². The average molecular weight is 272 g/mol. The van der Waals surface area contributed by atoms with Gasteiger partial charge in [0, 0.05) is 11.8 Å². The summed E-state index contributed by atoms with van der Waals surface area (Å²) in [5.74, 6) is -0.529. The molecule has 0 saturated heterocycles. The van der Waals surface area contributed by atoms with Gasteiger partial charge in [-0.05, 0) is 12.7 Å². The van der Waals surface area contributed by atoms with Crippen LogP contribution in [0.3, 0.4) is 0 Å². The van der Waals surface area contributed by atoms with Gasteiger partial charge in [-0.3, -0.25) is 9.59 Å². The smallest absolute Gasteiger partial charge is 0.325 e. The molecule has 8 heteroatoms. The van der Waals surface area contributed by atoms with Gasteiger partial charge in [-0.25, -0.2) is 4.68 Å². The summed E-state index contributed by atoms with van der Waals surface area (Å²) in [4.78, 5) is 22.3. The number of hydrogen-bond donors (Lipinski definition) is 2. The van der Waals surface area contributed by atoms with E-state index in [9.17, 15) is 9.59 Å². The Bertz CT molecular complexity index is 421. The number of thioether (sulfide) groups is 1. The number of aromatic nitrogens is 3. The maximum atomic E-state index is 11.8. The lowest BCUT2D eigenvalue weighted by molar-refractivity contribution is -0.137. The number of nitrogens with zero attached hydrogens (tertiary/aromatic N) is 3. The summed E-state index contributed by atoms with van der Waals surface area (Å²) < 4.78 is 1.12. The Kier molecular flexibility index (Phi) is 5.63. The summed E-state index contributed by atoms with van der Waals surface area (Å²) in [6.07, 6.45) is 4.13. The molecule has 0 saturated carbocycles. The van der Waals surface area contributed by atoms with E-state index in [4.69, 9.17) is 5.11 Å². The molecule has 2 N–H and O–H groups in total. The Morgan fingerprint density at radius 1 is 1.61 bits per heavy atom. The Labute approximate surface area is 109 Å². The number of nitrogens with one attached hydrogen (secondary N) is 1. The van der Waals surface area contributed by atoms with Crippen LogP contribution in [0.5, 0.6) is 0 Å². The van der Waals surface area contributed by atoms with Crippen molar-refractivity contribution < 1.29 is 14.7 Å². The lowest BCUT2D eigenvalue weighted by Crippen LogP contribution is -2.36. The molecule has 1 aromatic rings. The molecule has 0 fully saturated rings. The molecule has 0 bridgehead atoms. The van der Waals surface area contributed by atoms with Crippen LogP contribution in [0.15, 0.2) is 6.20 Å². The van der Waals surface area contributed by atoms with Crippen LogP contribution in [0.2, 0.25) is 0 Å². The van der Waals surface area contributed by atoms with Gasteiger partial charge >= 0.3 is 5.97 Å². The molecule has 0 spiro atoms. The number of hydrogen-bond acceptors (Lipinski definition) is 5. The molecule has 100 valence electrons. The van der Waals surface area contributed by atoms with Crippen molar-refractivity contribution in [1.29, 1.82) is 0 Å². The highest BCUT2D eigenvalue weighted by atomic mass is 32.2. The van der Waals surface area contributed by atoms with E-state index in [-0.39, 0.29) is 24.2 Å². The number of carboxylic acid groups (broad SMARTS) is 1. The molecule has 1 heterocycles. The zero-order valence-electron chi connectivity index (χ0n) is 10.3. The van der Waals surface area contributed by atoms with Crippen LogP contribution < -0.4 is 5.32 Å². The molecule has 7 nitrogen and oxygen atoms in total. The van der Waals surface area contributed by atoms with Gasteiger partial charge in [0.2, 0.25) is 0 Å². The van der Waals surface area contributed by atoms with Crippen LogP contribution in [0.4, 0.5) is 0 Å². The molecular formula is C10H16N4O3S. The van der Waals surface area contributed by atoms with E-state index in [1.165, 1.54) is 6.20 Å². The maximum Gasteiger partial charge on any atom is 0.325 e. The summed E-state index contributed by atoms with van der Waals surface area (Å²) in [5.41, 5.74) is 0.135. The first kappa shape index (κ1) is 14.5. The van der Waals surface area contributed by atoms with Gasteiger partial charge in [0.1, 0.15) is 6.54 Å². The van der Waals surface area contributed by atoms with Crippen molar-refractivity contribution in [2.24, 2.45) is 0 Å². The van der Waals surface area contributed by atoms with Gasteiger partial charge < -0.3 is 10.4 Å². The fourth-order valence-electron chi connectivity index (χ4n) is 1.34. The van der Waals surface area contributed by atoms with Crippen molar-refractivity contribution in [2.75, 3.05) is 12.0 Å². The zero-order chi connectivity index (χ0) is 13.5. The summed E-state index contributed by atoms with van der Waals surface area (Å²) in [5, 5.41) is 18.6. The molecule has 0 aliphatic rings. The molecule has 0 aromatic carbocycles. The first-order chi connectivity index (χ1) is 8.56. The van der Waals surface area contributed by atoms with Crippen molar-refractivity contribution in [3.8, 4) is 0 Å². The Hall–Kier alpha value is -1.57. The molecule has 1 rings (SSSR count). The van der Waals surface area contributed by atoms with Gasteiger partial charge in [0.05, 0.1) is 6.20 Å². The van der Waals surface area contributed by atoms with Crippen LogP contribution in [0.25, 0.3) is 0 Å². The number of carboxylic acids is 1. The van der Waals surface area contributed by atoms with E-state index in [0.717, 1.165) is 16.9 Å². The second-order valence-corrected chi connectivity index (χ2v) is 4.64. The number of amides is 1. The first-order valence-electron chi connectivity index (χ1n) is 5.48. The molecule has 0 aliphatic carbocycles. The molecule has 0 aliphatic heterocycles. The number of carbonyl (C=O) groups is 2. The van der Waals surface area contributed by atoms with E-state index in [2.05, 4.69) is 15.6 Å². The SMILES string of the molecule is CCC(CSC)NC(=O)c1cn(CC(=O)O)nn1. The van der Waals surface area contributed by atoms with Gasteiger partial charge in [0.15, 0.2) is 5.69 Å². The molecule has 1 amide bonds. The Morgan fingerprint density at radius 2 is 2.33 bits per heavy atom. The van der Waals surface area contributed by atoms with Crippen molar-refractivity contribution in [1.82, 2.24) is 20.3 Å². The predicted molar refractivity (Wildman–Crippen MR) is 67.6 cm³/mol. The quantitative estimate of drug-likeness (QED) is 0.737. The van der Waals surface area contributed by atoms with Gasteiger partial charge in [-0.2, -0.15) is 11.8 Å². The van der Waals surface area contributed by atoms with E-state index in [0.29, 0.717) is 0 Å². The minimum absolute atomic E-state index is 0.0807. The first-order valence-corrected chi connectivity index (χ1v) is 6.88. The maximum absolute atomic E-state index is 11.8. The third kappa shape index (κ3) is 4.36. The van der Waals surface area contributed by atoms with Crippen molar-refractivity contribution >= 4 is 23.6 Å². The Balaban J connectivity index is 2.60. The van der Waals surface area contributed by atoms with Gasteiger partial charge in [0.25, 0.3) is 5.91 Å². The summed E-state index contributed by atoms with van der Waals surface area (Å²) in [7, 11) is 0. The lowest BCUT2D eigenvalue weighted by atomic mass is 10.2. The fraction of sp³-hybridized carbons (Fsp3) is 0.600. The monoisotopic (exact) mass is 272 g/mol. The normalized spacial score (nSPS) is 12.1. The van der Waals surface area contributed by atoms with E-state index >= 15 is 0 Å². The second kappa shape index (κ2) is 7.00. The highest BCUT2D eigenvalue weighted by molar-refractivity contribution is 7.98. The predicted octanol–water partition coefficient (Wildman–Crippen LogP) is 0.234. The molecule has 1 aromatic heterocycles. The lowest BCUT2D eigenvalue weighted by Gasteiger charge is -2.14. The van der Waals surface area contributed by atoms with Gasteiger partial charge in [-0.1, -0.05) is 12.1 Å². The summed E-state index contributed by atoms with van der Waals surface area (Å²) >= 11 is 1.65. The third-order valence-corrected chi connectivity index (χ3v) is 3.00. The van der Waals surface area contributed by atoms with Crippen molar-refractivity contribution in [3.63, 3.8) is 0 Å². The number of rotatable bonds is 7. The molecule has 18 heavy (non-hydrogen) atoms. The van der Waals surface area contributed by atoms with Crippen LogP contribution >= 0.6 is 11.8 Å². The van der Waals surface area contributed by atoms with Crippen LogP contribution in [-0.4, -0.2) is 50.0 Å². The standard InChI is InChI=1S/C10H16N4O3S/c1-3-7(6-18-2)11-10(17)8-4-14(13-12-8)5-9(15)16/h4,7H,3,5-6H2,1-2H3,(H,11,17)(H,15,16). The molecule has 1 atom stereocenters. The van der Waals surface area contributed by atoms with Gasteiger partial charge in [-0.15, -0.1) is 5.10 Å². The largest absolute Gasteiger partial charge is 0.480 e. The van der Waals surface area contributed by atoms with E-state index < -0.39 is 5.97 Å².